The van der Waals surface area contributed by atoms with Crippen molar-refractivity contribution in [1.82, 2.24) is 0 Å². The Balaban J connectivity index is 2.84. The molecule has 0 fully saturated rings. The van der Waals surface area contributed by atoms with E-state index in [2.05, 4.69) is 0 Å². The third-order valence-electron chi connectivity index (χ3n) is 2.67. The van der Waals surface area contributed by atoms with Crippen LogP contribution < -0.4 is 5.73 Å². The summed E-state index contributed by atoms with van der Waals surface area (Å²) in [6.07, 6.45) is -2.00. The number of carbonyl (C=O) groups excluding carboxylic acids is 1. The molecule has 0 saturated heterocycles. The molecule has 0 radical (unpaired) electrons. The minimum Gasteiger partial charge on any atom is -0.389 e. The maximum Gasteiger partial charge on any atom is 0.165 e. The molecule has 4 heteroatoms. The molecule has 0 aromatic heterocycles. The van der Waals surface area contributed by atoms with Gasteiger partial charge in [-0.25, -0.2) is 0 Å². The molecule has 1 aromatic rings. The number of rotatable bonds is 5. The Morgan fingerprint density at radius 2 is 1.76 bits per heavy atom. The third kappa shape index (κ3) is 3.36. The maximum absolute atomic E-state index is 11.7. The number of Topliss-reactive ketones (excluding diaryl/α,β-unsaturated/α-hetero) is 1. The molecule has 2 atom stereocenters. The summed E-state index contributed by atoms with van der Waals surface area (Å²) in [4.78, 5) is 11.7. The van der Waals surface area contributed by atoms with Crippen molar-refractivity contribution < 1.29 is 15.0 Å². The van der Waals surface area contributed by atoms with E-state index in [0.29, 0.717) is 11.1 Å². The number of carbonyl (C=O) groups is 1. The summed E-state index contributed by atoms with van der Waals surface area (Å²) in [5.41, 5.74) is 6.43. The van der Waals surface area contributed by atoms with Crippen molar-refractivity contribution >= 4 is 5.78 Å². The second kappa shape index (κ2) is 5.91. The van der Waals surface area contributed by atoms with E-state index in [1.807, 2.05) is 13.8 Å². The highest BCUT2D eigenvalue weighted by Gasteiger charge is 2.17. The minimum atomic E-state index is -1.01. The van der Waals surface area contributed by atoms with Gasteiger partial charge in [-0.1, -0.05) is 38.1 Å². The molecule has 0 heterocycles. The second-order valence-electron chi connectivity index (χ2n) is 4.39. The molecule has 17 heavy (non-hydrogen) atoms. The summed E-state index contributed by atoms with van der Waals surface area (Å²) in [5.74, 6) is 0.00539. The van der Waals surface area contributed by atoms with Crippen LogP contribution in [0.15, 0.2) is 24.3 Å². The summed E-state index contributed by atoms with van der Waals surface area (Å²) >= 11 is 0. The van der Waals surface area contributed by atoms with Crippen molar-refractivity contribution in [3.05, 3.63) is 35.4 Å². The monoisotopic (exact) mass is 237 g/mol. The Bertz CT molecular complexity index is 373. The Morgan fingerprint density at radius 3 is 2.18 bits per heavy atom. The first kappa shape index (κ1) is 13.8. The average molecular weight is 237 g/mol. The second-order valence-corrected chi connectivity index (χ2v) is 4.39. The van der Waals surface area contributed by atoms with Gasteiger partial charge in [0.1, 0.15) is 6.10 Å². The summed E-state index contributed by atoms with van der Waals surface area (Å²) < 4.78 is 0. The molecule has 94 valence electrons. The minimum absolute atomic E-state index is 0.00611. The van der Waals surface area contributed by atoms with Crippen molar-refractivity contribution in [1.29, 1.82) is 0 Å². The molecule has 0 aliphatic carbocycles. The van der Waals surface area contributed by atoms with Gasteiger partial charge in [-0.15, -0.1) is 0 Å². The van der Waals surface area contributed by atoms with Gasteiger partial charge in [-0.05, 0) is 5.56 Å². The topological polar surface area (TPSA) is 83.5 Å². The first-order chi connectivity index (χ1) is 7.97. The average Bonchev–Trinajstić information content (AvgIpc) is 2.36. The molecule has 4 nitrogen and oxygen atoms in total. The lowest BCUT2D eigenvalue weighted by atomic mass is 9.97. The predicted molar refractivity (Wildman–Crippen MR) is 65.6 cm³/mol. The Morgan fingerprint density at radius 1 is 1.24 bits per heavy atom. The standard InChI is InChI=1S/C13H19NO3/c1-8(2)12(16)9-3-5-10(6-4-9)13(17)11(15)7-14/h3-6,8,11,13,15,17H,7,14H2,1-2H3. The highest BCUT2D eigenvalue weighted by atomic mass is 16.3. The number of nitrogens with two attached hydrogens (primary N) is 1. The van der Waals surface area contributed by atoms with E-state index < -0.39 is 12.2 Å². The van der Waals surface area contributed by atoms with E-state index in [1.165, 1.54) is 0 Å². The lowest BCUT2D eigenvalue weighted by Crippen LogP contribution is -2.27. The van der Waals surface area contributed by atoms with E-state index in [-0.39, 0.29) is 18.2 Å². The zero-order chi connectivity index (χ0) is 13.0. The fraction of sp³-hybridized carbons (Fsp3) is 0.462. The van der Waals surface area contributed by atoms with E-state index >= 15 is 0 Å². The molecule has 0 spiro atoms. The molecule has 0 aliphatic rings. The van der Waals surface area contributed by atoms with Gasteiger partial charge in [-0.3, -0.25) is 4.79 Å². The maximum atomic E-state index is 11.7. The van der Waals surface area contributed by atoms with E-state index in [4.69, 9.17) is 5.73 Å². The first-order valence-corrected chi connectivity index (χ1v) is 5.67. The fourth-order valence-electron chi connectivity index (χ4n) is 1.53. The number of aliphatic hydroxyl groups is 2. The zero-order valence-corrected chi connectivity index (χ0v) is 10.1. The lowest BCUT2D eigenvalue weighted by molar-refractivity contribution is 0.0243. The number of aliphatic hydroxyl groups excluding tert-OH is 2. The Kier molecular flexibility index (Phi) is 4.81. The molecular weight excluding hydrogens is 218 g/mol. The summed E-state index contributed by atoms with van der Waals surface area (Å²) in [7, 11) is 0. The number of benzene rings is 1. The van der Waals surface area contributed by atoms with Crippen LogP contribution in [0.2, 0.25) is 0 Å². The van der Waals surface area contributed by atoms with Crippen molar-refractivity contribution in [2.24, 2.45) is 11.7 Å². The van der Waals surface area contributed by atoms with E-state index in [9.17, 15) is 15.0 Å². The van der Waals surface area contributed by atoms with Gasteiger partial charge in [0.15, 0.2) is 5.78 Å². The summed E-state index contributed by atoms with van der Waals surface area (Å²) in [5, 5.41) is 19.1. The van der Waals surface area contributed by atoms with Crippen molar-refractivity contribution in [2.75, 3.05) is 6.54 Å². The fourth-order valence-corrected chi connectivity index (χ4v) is 1.53. The van der Waals surface area contributed by atoms with Crippen LogP contribution in [0.1, 0.15) is 35.9 Å². The Hall–Kier alpha value is -1.23. The van der Waals surface area contributed by atoms with E-state index in [0.717, 1.165) is 0 Å². The zero-order valence-electron chi connectivity index (χ0n) is 10.1. The van der Waals surface area contributed by atoms with Crippen LogP contribution in [-0.4, -0.2) is 28.6 Å². The molecular formula is C13H19NO3. The van der Waals surface area contributed by atoms with Crippen molar-refractivity contribution in [2.45, 2.75) is 26.1 Å². The quantitative estimate of drug-likeness (QED) is 0.664. The van der Waals surface area contributed by atoms with Gasteiger partial charge in [0, 0.05) is 18.0 Å². The molecule has 1 aromatic carbocycles. The number of hydrogen-bond acceptors (Lipinski definition) is 4. The molecule has 0 aliphatic heterocycles. The number of ketones is 1. The molecule has 1 rings (SSSR count). The highest BCUT2D eigenvalue weighted by Crippen LogP contribution is 2.18. The van der Waals surface area contributed by atoms with Crippen LogP contribution in [0, 0.1) is 5.92 Å². The normalized spacial score (nSPS) is 14.7. The number of hydrogen-bond donors (Lipinski definition) is 3. The lowest BCUT2D eigenvalue weighted by Gasteiger charge is -2.16. The summed E-state index contributed by atoms with van der Waals surface area (Å²) in [6, 6.07) is 6.59. The molecule has 2 unspecified atom stereocenters. The summed E-state index contributed by atoms with van der Waals surface area (Å²) in [6.45, 7) is 3.67. The SMILES string of the molecule is CC(C)C(=O)c1ccc(C(O)C(O)CN)cc1. The van der Waals surface area contributed by atoms with Crippen LogP contribution in [-0.2, 0) is 0 Å². The molecule has 0 saturated carbocycles. The smallest absolute Gasteiger partial charge is 0.165 e. The largest absolute Gasteiger partial charge is 0.389 e. The van der Waals surface area contributed by atoms with Gasteiger partial charge >= 0.3 is 0 Å². The van der Waals surface area contributed by atoms with Crippen molar-refractivity contribution in [3.63, 3.8) is 0 Å². The highest BCUT2D eigenvalue weighted by molar-refractivity contribution is 5.97. The van der Waals surface area contributed by atoms with Crippen molar-refractivity contribution in [3.8, 4) is 0 Å². The Labute approximate surface area is 101 Å². The third-order valence-corrected chi connectivity index (χ3v) is 2.67. The van der Waals surface area contributed by atoms with E-state index in [1.54, 1.807) is 24.3 Å². The predicted octanol–water partition coefficient (Wildman–Crippen LogP) is 0.878. The van der Waals surface area contributed by atoms with Gasteiger partial charge < -0.3 is 15.9 Å². The van der Waals surface area contributed by atoms with Gasteiger partial charge in [0.25, 0.3) is 0 Å². The van der Waals surface area contributed by atoms with Crippen LogP contribution in [0.25, 0.3) is 0 Å². The molecule has 0 bridgehead atoms. The first-order valence-electron chi connectivity index (χ1n) is 5.67. The molecule has 4 N–H and O–H groups in total. The van der Waals surface area contributed by atoms with Crippen LogP contribution in [0.4, 0.5) is 0 Å². The molecule has 0 amide bonds. The van der Waals surface area contributed by atoms with Crippen LogP contribution in [0.5, 0.6) is 0 Å². The van der Waals surface area contributed by atoms with Gasteiger partial charge in [0.05, 0.1) is 6.10 Å². The van der Waals surface area contributed by atoms with Gasteiger partial charge in [0.2, 0.25) is 0 Å². The van der Waals surface area contributed by atoms with Gasteiger partial charge in [-0.2, -0.15) is 0 Å². The van der Waals surface area contributed by atoms with Crippen LogP contribution >= 0.6 is 0 Å². The van der Waals surface area contributed by atoms with Crippen LogP contribution in [0.3, 0.4) is 0 Å².